The van der Waals surface area contributed by atoms with Crippen molar-refractivity contribution in [2.24, 2.45) is 5.73 Å². The van der Waals surface area contributed by atoms with Gasteiger partial charge in [0.05, 0.1) is 0 Å². The summed E-state index contributed by atoms with van der Waals surface area (Å²) in [4.78, 5) is 33.3. The Labute approximate surface area is 120 Å². The molecule has 114 valence electrons. The predicted molar refractivity (Wildman–Crippen MR) is 73.1 cm³/mol. The molecule has 0 heterocycles. The molecule has 5 N–H and O–H groups in total. The van der Waals surface area contributed by atoms with Crippen LogP contribution in [0.15, 0.2) is 18.2 Å². The highest BCUT2D eigenvalue weighted by molar-refractivity contribution is 5.93. The Morgan fingerprint density at radius 1 is 1.38 bits per heavy atom. The number of halogens is 1. The van der Waals surface area contributed by atoms with E-state index in [1.165, 1.54) is 25.1 Å². The van der Waals surface area contributed by atoms with Crippen molar-refractivity contribution in [3.8, 4) is 0 Å². The van der Waals surface area contributed by atoms with Crippen molar-refractivity contribution in [3.05, 3.63) is 29.6 Å². The Morgan fingerprint density at radius 2 is 2.05 bits per heavy atom. The van der Waals surface area contributed by atoms with Crippen molar-refractivity contribution in [1.82, 2.24) is 5.32 Å². The van der Waals surface area contributed by atoms with Gasteiger partial charge < -0.3 is 21.5 Å². The fourth-order valence-electron chi connectivity index (χ4n) is 1.60. The molecule has 0 spiro atoms. The molecule has 1 rings (SSSR count). The van der Waals surface area contributed by atoms with Gasteiger partial charge in [0.1, 0.15) is 11.9 Å². The summed E-state index contributed by atoms with van der Waals surface area (Å²) in [5.41, 5.74) is 5.39. The zero-order chi connectivity index (χ0) is 16.0. The van der Waals surface area contributed by atoms with E-state index in [0.29, 0.717) is 0 Å². The van der Waals surface area contributed by atoms with E-state index in [9.17, 15) is 18.8 Å². The average Bonchev–Trinajstić information content (AvgIpc) is 2.39. The maximum absolute atomic E-state index is 13.3. The summed E-state index contributed by atoms with van der Waals surface area (Å²) in [6, 6.07) is 2.08. The van der Waals surface area contributed by atoms with Crippen molar-refractivity contribution in [1.29, 1.82) is 0 Å². The van der Waals surface area contributed by atoms with E-state index in [-0.39, 0.29) is 24.1 Å². The maximum Gasteiger partial charge on any atom is 0.326 e. The normalized spacial score (nSPS) is 11.5. The number of aliphatic carboxylic acids is 1. The van der Waals surface area contributed by atoms with Crippen LogP contribution in [0, 0.1) is 12.7 Å². The maximum atomic E-state index is 13.3. The monoisotopic (exact) mass is 297 g/mol. The standard InChI is InChI=1S/C13H16FN3O4/c1-7-8(14)3-2-4-9(7)16-13(21)17-10(12(19)20)5-6-11(15)18/h2-4,10H,5-6H2,1H3,(H2,15,18)(H,19,20)(H2,16,17,21)/t10-/m1/s1. The molecule has 0 radical (unpaired) electrons. The van der Waals surface area contributed by atoms with E-state index in [2.05, 4.69) is 10.6 Å². The number of carbonyl (C=O) groups is 3. The molecule has 0 aromatic heterocycles. The van der Waals surface area contributed by atoms with Gasteiger partial charge in [-0.25, -0.2) is 14.0 Å². The summed E-state index contributed by atoms with van der Waals surface area (Å²) < 4.78 is 13.3. The Bertz CT molecular complexity index is 562. The zero-order valence-electron chi connectivity index (χ0n) is 11.4. The molecule has 3 amide bonds. The summed E-state index contributed by atoms with van der Waals surface area (Å²) in [5.74, 6) is -2.44. The van der Waals surface area contributed by atoms with Gasteiger partial charge in [0, 0.05) is 17.7 Å². The van der Waals surface area contributed by atoms with Gasteiger partial charge in [-0.05, 0) is 25.5 Å². The Hall–Kier alpha value is -2.64. The minimum atomic E-state index is -1.29. The van der Waals surface area contributed by atoms with E-state index < -0.39 is 29.8 Å². The molecule has 0 aliphatic carbocycles. The second kappa shape index (κ2) is 7.22. The second-order valence-corrected chi connectivity index (χ2v) is 4.41. The third-order valence-electron chi connectivity index (χ3n) is 2.80. The smallest absolute Gasteiger partial charge is 0.326 e. The summed E-state index contributed by atoms with van der Waals surface area (Å²) in [6.45, 7) is 1.48. The summed E-state index contributed by atoms with van der Waals surface area (Å²) >= 11 is 0. The Kier molecular flexibility index (Phi) is 5.65. The molecule has 0 bridgehead atoms. The average molecular weight is 297 g/mol. The van der Waals surface area contributed by atoms with Crippen LogP contribution in [0.25, 0.3) is 0 Å². The lowest BCUT2D eigenvalue weighted by molar-refractivity contribution is -0.139. The van der Waals surface area contributed by atoms with Crippen molar-refractivity contribution in [2.45, 2.75) is 25.8 Å². The van der Waals surface area contributed by atoms with Crippen LogP contribution in [-0.4, -0.2) is 29.1 Å². The number of hydrogen-bond donors (Lipinski definition) is 4. The molecule has 0 saturated carbocycles. The third-order valence-corrected chi connectivity index (χ3v) is 2.80. The van der Waals surface area contributed by atoms with E-state index >= 15 is 0 Å². The first-order valence-electron chi connectivity index (χ1n) is 6.15. The molecule has 1 aromatic carbocycles. The molecule has 0 aliphatic rings. The van der Waals surface area contributed by atoms with Crippen LogP contribution in [0.3, 0.4) is 0 Å². The SMILES string of the molecule is Cc1c(F)cccc1NC(=O)N[C@H](CCC(N)=O)C(=O)O. The lowest BCUT2D eigenvalue weighted by atomic mass is 10.1. The van der Waals surface area contributed by atoms with Crippen LogP contribution in [0.1, 0.15) is 18.4 Å². The largest absolute Gasteiger partial charge is 0.480 e. The minimum Gasteiger partial charge on any atom is -0.480 e. The number of nitrogens with one attached hydrogen (secondary N) is 2. The van der Waals surface area contributed by atoms with Crippen molar-refractivity contribution in [3.63, 3.8) is 0 Å². The van der Waals surface area contributed by atoms with Crippen LogP contribution < -0.4 is 16.4 Å². The second-order valence-electron chi connectivity index (χ2n) is 4.41. The molecule has 1 aromatic rings. The minimum absolute atomic E-state index is 0.125. The number of amides is 3. The van der Waals surface area contributed by atoms with Gasteiger partial charge >= 0.3 is 12.0 Å². The topological polar surface area (TPSA) is 122 Å². The van der Waals surface area contributed by atoms with Crippen molar-refractivity contribution in [2.75, 3.05) is 5.32 Å². The quantitative estimate of drug-likeness (QED) is 0.625. The summed E-state index contributed by atoms with van der Waals surface area (Å²) in [7, 11) is 0. The molecule has 0 fully saturated rings. The third kappa shape index (κ3) is 5.09. The number of carbonyl (C=O) groups excluding carboxylic acids is 2. The molecular formula is C13H16FN3O4. The lowest BCUT2D eigenvalue weighted by Crippen LogP contribution is -2.43. The zero-order valence-corrected chi connectivity index (χ0v) is 11.4. The fourth-order valence-corrected chi connectivity index (χ4v) is 1.60. The molecule has 21 heavy (non-hydrogen) atoms. The van der Waals surface area contributed by atoms with Gasteiger partial charge in [0.15, 0.2) is 0 Å². The fraction of sp³-hybridized carbons (Fsp3) is 0.308. The van der Waals surface area contributed by atoms with Crippen LogP contribution in [-0.2, 0) is 9.59 Å². The number of carboxylic acids is 1. The molecule has 0 unspecified atom stereocenters. The van der Waals surface area contributed by atoms with E-state index in [0.717, 1.165) is 0 Å². The number of rotatable bonds is 6. The van der Waals surface area contributed by atoms with Crippen LogP contribution >= 0.6 is 0 Å². The van der Waals surface area contributed by atoms with Gasteiger partial charge in [-0.2, -0.15) is 0 Å². The molecular weight excluding hydrogens is 281 g/mol. The first-order valence-corrected chi connectivity index (χ1v) is 6.15. The van der Waals surface area contributed by atoms with Gasteiger partial charge in [0.2, 0.25) is 5.91 Å². The van der Waals surface area contributed by atoms with Crippen LogP contribution in [0.4, 0.5) is 14.9 Å². The van der Waals surface area contributed by atoms with E-state index in [1.807, 2.05) is 0 Å². The van der Waals surface area contributed by atoms with Gasteiger partial charge in [-0.3, -0.25) is 4.79 Å². The molecule has 0 aliphatic heterocycles. The Morgan fingerprint density at radius 3 is 2.62 bits per heavy atom. The first-order chi connectivity index (χ1) is 9.81. The highest BCUT2D eigenvalue weighted by Crippen LogP contribution is 2.17. The molecule has 7 nitrogen and oxygen atoms in total. The first kappa shape index (κ1) is 16.4. The number of primary amides is 1. The number of anilines is 1. The number of carboxylic acid groups (broad SMARTS) is 1. The van der Waals surface area contributed by atoms with Crippen molar-refractivity contribution >= 4 is 23.6 Å². The number of benzene rings is 1. The molecule has 1 atom stereocenters. The summed E-state index contributed by atoms with van der Waals surface area (Å²) in [6.07, 6.45) is -0.295. The van der Waals surface area contributed by atoms with Crippen LogP contribution in [0.2, 0.25) is 0 Å². The predicted octanol–water partition coefficient (Wildman–Crippen LogP) is 0.974. The number of nitrogens with two attached hydrogens (primary N) is 1. The van der Waals surface area contributed by atoms with Crippen molar-refractivity contribution < 1.29 is 23.9 Å². The van der Waals surface area contributed by atoms with E-state index in [1.54, 1.807) is 0 Å². The Balaban J connectivity index is 2.67. The highest BCUT2D eigenvalue weighted by atomic mass is 19.1. The van der Waals surface area contributed by atoms with E-state index in [4.69, 9.17) is 10.8 Å². The van der Waals surface area contributed by atoms with Gasteiger partial charge in [0.25, 0.3) is 0 Å². The number of urea groups is 1. The highest BCUT2D eigenvalue weighted by Gasteiger charge is 2.20. The van der Waals surface area contributed by atoms with Crippen LogP contribution in [0.5, 0.6) is 0 Å². The van der Waals surface area contributed by atoms with Gasteiger partial charge in [-0.15, -0.1) is 0 Å². The molecule has 8 heteroatoms. The molecule has 0 saturated heterocycles. The summed E-state index contributed by atoms with van der Waals surface area (Å²) in [5, 5.41) is 13.5. The lowest BCUT2D eigenvalue weighted by Gasteiger charge is -2.15. The number of hydrogen-bond acceptors (Lipinski definition) is 3. The van der Waals surface area contributed by atoms with Gasteiger partial charge in [-0.1, -0.05) is 6.07 Å².